The molecule has 1 heterocycles. The molecule has 110 valence electrons. The summed E-state index contributed by atoms with van der Waals surface area (Å²) >= 11 is 0. The lowest BCUT2D eigenvalue weighted by atomic mass is 10.1. The molecule has 1 aromatic rings. The van der Waals surface area contributed by atoms with Crippen LogP contribution in [0.2, 0.25) is 0 Å². The number of fused-ring (bicyclic) bond motifs is 1. The molecule has 0 aromatic heterocycles. The number of rotatable bonds is 5. The first-order valence-electron chi connectivity index (χ1n) is 6.75. The lowest BCUT2D eigenvalue weighted by Crippen LogP contribution is -2.37. The molecule has 2 amide bonds. The first kappa shape index (κ1) is 14.5. The maximum atomic E-state index is 11.6. The van der Waals surface area contributed by atoms with Gasteiger partial charge in [-0.25, -0.2) is 4.79 Å². The van der Waals surface area contributed by atoms with Gasteiger partial charge in [0.1, 0.15) is 13.2 Å². The maximum absolute atomic E-state index is 11.6. The largest absolute Gasteiger partial charge is 0.486 e. The fourth-order valence-electron chi connectivity index (χ4n) is 1.94. The standard InChI is InChI=1S/C14H20N2O4/c1-10(16-14(18)15-5-2-6-17)11-3-4-12-13(9-11)20-8-7-19-12/h3-4,9-10,17H,2,5-8H2,1H3,(H2,15,16,18)/t10-/m0/s1. The molecule has 0 aliphatic carbocycles. The zero-order valence-electron chi connectivity index (χ0n) is 11.5. The van der Waals surface area contributed by atoms with E-state index in [0.717, 1.165) is 11.3 Å². The monoisotopic (exact) mass is 280 g/mol. The molecule has 1 atom stereocenters. The molecule has 3 N–H and O–H groups in total. The van der Waals surface area contributed by atoms with Gasteiger partial charge >= 0.3 is 6.03 Å². The molecule has 1 aromatic carbocycles. The molecule has 0 radical (unpaired) electrons. The van der Waals surface area contributed by atoms with Crippen LogP contribution in [0.15, 0.2) is 18.2 Å². The van der Waals surface area contributed by atoms with E-state index in [0.29, 0.717) is 31.9 Å². The topological polar surface area (TPSA) is 79.8 Å². The molecular formula is C14H20N2O4. The van der Waals surface area contributed by atoms with E-state index >= 15 is 0 Å². The SMILES string of the molecule is C[C@H](NC(=O)NCCCO)c1ccc2c(c1)OCCO2. The quantitative estimate of drug-likeness (QED) is 0.708. The summed E-state index contributed by atoms with van der Waals surface area (Å²) in [6.45, 7) is 3.53. The maximum Gasteiger partial charge on any atom is 0.315 e. The van der Waals surface area contributed by atoms with E-state index in [1.54, 1.807) is 0 Å². The molecular weight excluding hydrogens is 260 g/mol. The zero-order chi connectivity index (χ0) is 14.4. The fourth-order valence-corrected chi connectivity index (χ4v) is 1.94. The van der Waals surface area contributed by atoms with E-state index in [-0.39, 0.29) is 18.7 Å². The Kier molecular flexibility index (Phi) is 5.06. The van der Waals surface area contributed by atoms with Crippen LogP contribution in [0.4, 0.5) is 4.79 Å². The molecule has 6 heteroatoms. The number of hydrogen-bond donors (Lipinski definition) is 3. The highest BCUT2D eigenvalue weighted by atomic mass is 16.6. The van der Waals surface area contributed by atoms with Gasteiger partial charge in [-0.05, 0) is 31.0 Å². The number of amides is 2. The van der Waals surface area contributed by atoms with Crippen molar-refractivity contribution in [1.82, 2.24) is 10.6 Å². The van der Waals surface area contributed by atoms with Gasteiger partial charge < -0.3 is 25.2 Å². The van der Waals surface area contributed by atoms with Crippen LogP contribution in [0.1, 0.15) is 24.9 Å². The van der Waals surface area contributed by atoms with Crippen LogP contribution in [0, 0.1) is 0 Å². The summed E-state index contributed by atoms with van der Waals surface area (Å²) < 4.78 is 11.0. The third-order valence-electron chi connectivity index (χ3n) is 3.03. The Balaban J connectivity index is 1.91. The zero-order valence-corrected chi connectivity index (χ0v) is 11.5. The van der Waals surface area contributed by atoms with Gasteiger partial charge in [-0.15, -0.1) is 0 Å². The summed E-state index contributed by atoms with van der Waals surface area (Å²) in [4.78, 5) is 11.6. The minimum absolute atomic E-state index is 0.0675. The van der Waals surface area contributed by atoms with E-state index in [9.17, 15) is 4.79 Å². The average molecular weight is 280 g/mol. The van der Waals surface area contributed by atoms with Gasteiger partial charge in [0.25, 0.3) is 0 Å². The Morgan fingerprint density at radius 3 is 2.85 bits per heavy atom. The number of aliphatic hydroxyl groups excluding tert-OH is 1. The number of carbonyl (C=O) groups is 1. The van der Waals surface area contributed by atoms with Crippen molar-refractivity contribution in [3.8, 4) is 11.5 Å². The molecule has 1 aliphatic heterocycles. The van der Waals surface area contributed by atoms with Crippen LogP contribution in [-0.4, -0.2) is 37.5 Å². The molecule has 6 nitrogen and oxygen atoms in total. The van der Waals surface area contributed by atoms with E-state index in [2.05, 4.69) is 10.6 Å². The van der Waals surface area contributed by atoms with Crippen molar-refractivity contribution in [2.24, 2.45) is 0 Å². The van der Waals surface area contributed by atoms with Crippen molar-refractivity contribution in [3.63, 3.8) is 0 Å². The number of ether oxygens (including phenoxy) is 2. The molecule has 1 aliphatic rings. The normalized spacial score (nSPS) is 14.5. The minimum atomic E-state index is -0.249. The Hall–Kier alpha value is -1.95. The summed E-state index contributed by atoms with van der Waals surface area (Å²) in [6.07, 6.45) is 0.547. The lowest BCUT2D eigenvalue weighted by Gasteiger charge is -2.21. The minimum Gasteiger partial charge on any atom is -0.486 e. The van der Waals surface area contributed by atoms with Gasteiger partial charge in [-0.3, -0.25) is 0 Å². The highest BCUT2D eigenvalue weighted by Crippen LogP contribution is 2.32. The summed E-state index contributed by atoms with van der Waals surface area (Å²) in [7, 11) is 0. The molecule has 0 unspecified atom stereocenters. The van der Waals surface area contributed by atoms with Crippen molar-refractivity contribution < 1.29 is 19.4 Å². The number of hydrogen-bond acceptors (Lipinski definition) is 4. The van der Waals surface area contributed by atoms with E-state index < -0.39 is 0 Å². The Bertz CT molecular complexity index is 464. The number of urea groups is 1. The van der Waals surface area contributed by atoms with Crippen molar-refractivity contribution in [2.45, 2.75) is 19.4 Å². The number of aliphatic hydroxyl groups is 1. The Labute approximate surface area is 118 Å². The van der Waals surface area contributed by atoms with Gasteiger partial charge in [0, 0.05) is 13.2 Å². The van der Waals surface area contributed by atoms with Gasteiger partial charge in [-0.2, -0.15) is 0 Å². The number of nitrogens with one attached hydrogen (secondary N) is 2. The van der Waals surface area contributed by atoms with Crippen LogP contribution < -0.4 is 20.1 Å². The summed E-state index contributed by atoms with van der Waals surface area (Å²) in [5.41, 5.74) is 0.951. The third-order valence-corrected chi connectivity index (χ3v) is 3.03. The predicted molar refractivity (Wildman–Crippen MR) is 74.1 cm³/mol. The Morgan fingerprint density at radius 2 is 2.10 bits per heavy atom. The van der Waals surface area contributed by atoms with Crippen LogP contribution in [0.25, 0.3) is 0 Å². The second-order valence-electron chi connectivity index (χ2n) is 4.60. The van der Waals surface area contributed by atoms with Crippen LogP contribution >= 0.6 is 0 Å². The van der Waals surface area contributed by atoms with Crippen LogP contribution in [-0.2, 0) is 0 Å². The smallest absolute Gasteiger partial charge is 0.315 e. The predicted octanol–water partition coefficient (Wildman–Crippen LogP) is 1.20. The molecule has 0 fully saturated rings. The van der Waals surface area contributed by atoms with E-state index in [4.69, 9.17) is 14.6 Å². The second-order valence-corrected chi connectivity index (χ2v) is 4.60. The first-order chi connectivity index (χ1) is 9.70. The summed E-state index contributed by atoms with van der Waals surface area (Å²) in [6, 6.07) is 5.26. The van der Waals surface area contributed by atoms with Gasteiger partial charge in [-0.1, -0.05) is 6.07 Å². The number of carbonyl (C=O) groups excluding carboxylic acids is 1. The highest BCUT2D eigenvalue weighted by Gasteiger charge is 2.15. The second kappa shape index (κ2) is 7.00. The highest BCUT2D eigenvalue weighted by molar-refractivity contribution is 5.74. The van der Waals surface area contributed by atoms with Crippen molar-refractivity contribution in [1.29, 1.82) is 0 Å². The fraction of sp³-hybridized carbons (Fsp3) is 0.500. The van der Waals surface area contributed by atoms with E-state index in [1.165, 1.54) is 0 Å². The molecule has 0 saturated carbocycles. The van der Waals surface area contributed by atoms with Gasteiger partial charge in [0.2, 0.25) is 0 Å². The van der Waals surface area contributed by atoms with Gasteiger partial charge in [0.15, 0.2) is 11.5 Å². The molecule has 0 saturated heterocycles. The molecule has 20 heavy (non-hydrogen) atoms. The van der Waals surface area contributed by atoms with Crippen molar-refractivity contribution >= 4 is 6.03 Å². The first-order valence-corrected chi connectivity index (χ1v) is 6.75. The van der Waals surface area contributed by atoms with Crippen molar-refractivity contribution in [3.05, 3.63) is 23.8 Å². The van der Waals surface area contributed by atoms with Crippen LogP contribution in [0.3, 0.4) is 0 Å². The summed E-state index contributed by atoms with van der Waals surface area (Å²) in [5, 5.41) is 14.2. The van der Waals surface area contributed by atoms with Crippen LogP contribution in [0.5, 0.6) is 11.5 Å². The van der Waals surface area contributed by atoms with Gasteiger partial charge in [0.05, 0.1) is 6.04 Å². The molecule has 2 rings (SSSR count). The van der Waals surface area contributed by atoms with E-state index in [1.807, 2.05) is 25.1 Å². The molecule has 0 spiro atoms. The average Bonchev–Trinajstić information content (AvgIpc) is 2.47. The van der Waals surface area contributed by atoms with Crippen molar-refractivity contribution in [2.75, 3.05) is 26.4 Å². The molecule has 0 bridgehead atoms. The third kappa shape index (κ3) is 3.77. The summed E-state index contributed by atoms with van der Waals surface area (Å²) in [5.74, 6) is 1.45. The number of benzene rings is 1. The lowest BCUT2D eigenvalue weighted by molar-refractivity contribution is 0.171. The Morgan fingerprint density at radius 1 is 1.35 bits per heavy atom.